The summed E-state index contributed by atoms with van der Waals surface area (Å²) in [4.78, 5) is 7.22. The number of nitrogens with zero attached hydrogens (tertiary/aromatic N) is 1. The highest BCUT2D eigenvalue weighted by Gasteiger charge is 2.02. The fourth-order valence-electron chi connectivity index (χ4n) is 2.59. The largest absolute Gasteiger partial charge is 0.370 e. The van der Waals surface area contributed by atoms with E-state index in [1.165, 1.54) is 11.1 Å². The van der Waals surface area contributed by atoms with E-state index in [4.69, 9.17) is 17.0 Å². The standard InChI is InChI=1S/C20H21ClN4/c21-18-8-5-17(6-9-18)12-24-20(22)10-7-15-1-3-16(4-2-15)11-19-13-23-14-25-19/h1-6,8-9,13-14H,7,10-12H2,(H2,22,24)(H,23,25). The lowest BCUT2D eigenvalue weighted by Crippen LogP contribution is -2.22. The Balaban J connectivity index is 1.43. The van der Waals surface area contributed by atoms with Crippen LogP contribution in [-0.2, 0) is 19.4 Å². The van der Waals surface area contributed by atoms with Crippen molar-refractivity contribution in [1.82, 2.24) is 15.3 Å². The first kappa shape index (κ1) is 17.2. The molecule has 0 spiro atoms. The Morgan fingerprint density at radius 2 is 1.68 bits per heavy atom. The zero-order valence-electron chi connectivity index (χ0n) is 13.9. The van der Waals surface area contributed by atoms with E-state index in [-0.39, 0.29) is 0 Å². The van der Waals surface area contributed by atoms with Crippen molar-refractivity contribution in [1.29, 1.82) is 5.41 Å². The SMILES string of the molecule is N=C(CCc1ccc(Cc2c[nH]cn2)cc1)NCc1ccc(Cl)cc1. The summed E-state index contributed by atoms with van der Waals surface area (Å²) in [6.07, 6.45) is 6.01. The molecule has 0 fully saturated rings. The summed E-state index contributed by atoms with van der Waals surface area (Å²) >= 11 is 5.87. The van der Waals surface area contributed by atoms with Gasteiger partial charge in [-0.15, -0.1) is 0 Å². The number of aromatic nitrogens is 2. The van der Waals surface area contributed by atoms with Crippen LogP contribution in [0.3, 0.4) is 0 Å². The monoisotopic (exact) mass is 352 g/mol. The van der Waals surface area contributed by atoms with Gasteiger partial charge in [0.05, 0.1) is 17.9 Å². The van der Waals surface area contributed by atoms with Gasteiger partial charge in [-0.25, -0.2) is 4.98 Å². The lowest BCUT2D eigenvalue weighted by molar-refractivity contribution is 0.858. The molecule has 0 amide bonds. The Morgan fingerprint density at radius 3 is 2.36 bits per heavy atom. The Labute approximate surface area is 152 Å². The topological polar surface area (TPSA) is 64.6 Å². The summed E-state index contributed by atoms with van der Waals surface area (Å²) in [5, 5.41) is 11.9. The van der Waals surface area contributed by atoms with Gasteiger partial charge >= 0.3 is 0 Å². The average Bonchev–Trinajstić information content (AvgIpc) is 3.14. The number of hydrogen-bond donors (Lipinski definition) is 3. The predicted molar refractivity (Wildman–Crippen MR) is 102 cm³/mol. The first-order valence-electron chi connectivity index (χ1n) is 8.30. The molecule has 128 valence electrons. The molecule has 0 bridgehead atoms. The molecular formula is C20H21ClN4. The van der Waals surface area contributed by atoms with Crippen molar-refractivity contribution in [2.45, 2.75) is 25.8 Å². The first-order valence-corrected chi connectivity index (χ1v) is 8.68. The molecule has 0 aliphatic heterocycles. The maximum Gasteiger partial charge on any atom is 0.0937 e. The molecule has 3 N–H and O–H groups in total. The van der Waals surface area contributed by atoms with E-state index in [1.54, 1.807) is 6.33 Å². The third-order valence-corrected chi connectivity index (χ3v) is 4.30. The number of aryl methyl sites for hydroxylation is 1. The second-order valence-corrected chi connectivity index (χ2v) is 6.45. The van der Waals surface area contributed by atoms with Crippen LogP contribution in [0.15, 0.2) is 61.1 Å². The van der Waals surface area contributed by atoms with Crippen LogP contribution in [0.2, 0.25) is 5.02 Å². The number of benzene rings is 2. The zero-order valence-corrected chi connectivity index (χ0v) is 14.7. The molecule has 4 nitrogen and oxygen atoms in total. The van der Waals surface area contributed by atoms with Crippen molar-refractivity contribution in [2.24, 2.45) is 0 Å². The van der Waals surface area contributed by atoms with E-state index in [1.807, 2.05) is 30.5 Å². The van der Waals surface area contributed by atoms with Gasteiger partial charge in [0.1, 0.15) is 0 Å². The lowest BCUT2D eigenvalue weighted by Gasteiger charge is -2.09. The quantitative estimate of drug-likeness (QED) is 0.437. The number of imidazole rings is 1. The third-order valence-electron chi connectivity index (χ3n) is 4.05. The molecule has 3 aromatic rings. The molecule has 2 aromatic carbocycles. The number of rotatable bonds is 7. The van der Waals surface area contributed by atoms with Gasteiger partial charge in [-0.2, -0.15) is 0 Å². The summed E-state index contributed by atoms with van der Waals surface area (Å²) in [7, 11) is 0. The minimum absolute atomic E-state index is 0.551. The summed E-state index contributed by atoms with van der Waals surface area (Å²) in [6.45, 7) is 0.651. The van der Waals surface area contributed by atoms with Crippen LogP contribution in [0.5, 0.6) is 0 Å². The molecule has 5 heteroatoms. The fourth-order valence-corrected chi connectivity index (χ4v) is 2.72. The maximum atomic E-state index is 8.05. The minimum atomic E-state index is 0.551. The van der Waals surface area contributed by atoms with Gasteiger partial charge in [0.2, 0.25) is 0 Å². The van der Waals surface area contributed by atoms with Crippen molar-refractivity contribution in [3.63, 3.8) is 0 Å². The van der Waals surface area contributed by atoms with Crippen molar-refractivity contribution in [3.8, 4) is 0 Å². The van der Waals surface area contributed by atoms with Crippen LogP contribution in [-0.4, -0.2) is 15.8 Å². The van der Waals surface area contributed by atoms with Gasteiger partial charge in [0.25, 0.3) is 0 Å². The molecular weight excluding hydrogens is 332 g/mol. The van der Waals surface area contributed by atoms with Crippen molar-refractivity contribution in [2.75, 3.05) is 0 Å². The van der Waals surface area contributed by atoms with Gasteiger partial charge in [-0.3, -0.25) is 5.41 Å². The molecule has 0 atom stereocenters. The number of nitrogens with one attached hydrogen (secondary N) is 3. The molecule has 1 heterocycles. The highest BCUT2D eigenvalue weighted by Crippen LogP contribution is 2.11. The molecule has 0 saturated heterocycles. The van der Waals surface area contributed by atoms with Gasteiger partial charge in [-0.1, -0.05) is 48.0 Å². The Bertz CT molecular complexity index is 793. The lowest BCUT2D eigenvalue weighted by atomic mass is 10.0. The normalized spacial score (nSPS) is 10.6. The van der Waals surface area contributed by atoms with Crippen molar-refractivity contribution in [3.05, 3.63) is 88.5 Å². The summed E-state index contributed by atoms with van der Waals surface area (Å²) < 4.78 is 0. The van der Waals surface area contributed by atoms with Crippen LogP contribution in [0, 0.1) is 5.41 Å². The highest BCUT2D eigenvalue weighted by molar-refractivity contribution is 6.30. The van der Waals surface area contributed by atoms with E-state index in [2.05, 4.69) is 39.6 Å². The highest BCUT2D eigenvalue weighted by atomic mass is 35.5. The summed E-state index contributed by atoms with van der Waals surface area (Å²) in [6, 6.07) is 16.2. The Morgan fingerprint density at radius 1 is 1.00 bits per heavy atom. The van der Waals surface area contributed by atoms with Crippen LogP contribution in [0.1, 0.15) is 28.8 Å². The van der Waals surface area contributed by atoms with Crippen LogP contribution in [0.4, 0.5) is 0 Å². The van der Waals surface area contributed by atoms with Crippen molar-refractivity contribution >= 4 is 17.4 Å². The predicted octanol–water partition coefficient (Wildman–Crippen LogP) is 4.35. The van der Waals surface area contributed by atoms with Crippen LogP contribution in [0.25, 0.3) is 0 Å². The number of aromatic amines is 1. The third kappa shape index (κ3) is 5.47. The number of halogens is 1. The van der Waals surface area contributed by atoms with Crippen LogP contribution >= 0.6 is 11.6 Å². The summed E-state index contributed by atoms with van der Waals surface area (Å²) in [5.41, 5.74) is 4.65. The first-order chi connectivity index (χ1) is 12.2. The van der Waals surface area contributed by atoms with E-state index < -0.39 is 0 Å². The number of H-pyrrole nitrogens is 1. The number of amidine groups is 1. The van der Waals surface area contributed by atoms with E-state index in [0.717, 1.165) is 29.1 Å². The van der Waals surface area contributed by atoms with E-state index in [0.29, 0.717) is 18.8 Å². The molecule has 25 heavy (non-hydrogen) atoms. The average molecular weight is 353 g/mol. The Kier molecular flexibility index (Phi) is 5.86. The van der Waals surface area contributed by atoms with Crippen molar-refractivity contribution < 1.29 is 0 Å². The van der Waals surface area contributed by atoms with Gasteiger partial charge in [0.15, 0.2) is 0 Å². The second-order valence-electron chi connectivity index (χ2n) is 6.01. The minimum Gasteiger partial charge on any atom is -0.370 e. The van der Waals surface area contributed by atoms with Gasteiger partial charge < -0.3 is 10.3 Å². The molecule has 0 unspecified atom stereocenters. The Hall–Kier alpha value is -2.59. The number of hydrogen-bond acceptors (Lipinski definition) is 2. The van der Waals surface area contributed by atoms with E-state index in [9.17, 15) is 0 Å². The molecule has 0 radical (unpaired) electrons. The van der Waals surface area contributed by atoms with Gasteiger partial charge in [-0.05, 0) is 35.2 Å². The smallest absolute Gasteiger partial charge is 0.0937 e. The summed E-state index contributed by atoms with van der Waals surface area (Å²) in [5.74, 6) is 0.551. The van der Waals surface area contributed by atoms with Crippen LogP contribution < -0.4 is 5.32 Å². The maximum absolute atomic E-state index is 8.05. The van der Waals surface area contributed by atoms with E-state index >= 15 is 0 Å². The molecule has 0 aliphatic rings. The molecule has 0 aliphatic carbocycles. The second kappa shape index (κ2) is 8.49. The van der Waals surface area contributed by atoms with Gasteiger partial charge in [0, 0.05) is 30.6 Å². The fraction of sp³-hybridized carbons (Fsp3) is 0.200. The zero-order chi connectivity index (χ0) is 17.5. The molecule has 1 aromatic heterocycles. The molecule has 0 saturated carbocycles. The molecule has 3 rings (SSSR count).